The van der Waals surface area contributed by atoms with Gasteiger partial charge in [-0.1, -0.05) is 23.7 Å². The zero-order chi connectivity index (χ0) is 10.8. The zero-order valence-corrected chi connectivity index (χ0v) is 8.99. The fourth-order valence-electron chi connectivity index (χ4n) is 2.06. The van der Waals surface area contributed by atoms with Crippen LogP contribution in [0.25, 0.3) is 0 Å². The van der Waals surface area contributed by atoms with Gasteiger partial charge in [-0.2, -0.15) is 0 Å². The van der Waals surface area contributed by atoms with Crippen molar-refractivity contribution in [2.45, 2.75) is 19.8 Å². The highest BCUT2D eigenvalue weighted by molar-refractivity contribution is 6.32. The molecular weight excluding hydrogens is 185 g/mol. The maximum atomic E-state index is 11.3. The third kappa shape index (κ3) is 2.22. The second-order valence-electron chi connectivity index (χ2n) is 4.03. The van der Waals surface area contributed by atoms with E-state index in [9.17, 15) is 4.79 Å². The van der Waals surface area contributed by atoms with Gasteiger partial charge >= 0.3 is 0 Å². The number of carbonyl (C=O) groups excluding carboxylic acids is 1. The zero-order valence-electron chi connectivity index (χ0n) is 8.99. The van der Waals surface area contributed by atoms with Crippen molar-refractivity contribution in [2.24, 2.45) is 0 Å². The maximum absolute atomic E-state index is 11.3. The first-order valence-corrected chi connectivity index (χ1v) is 5.29. The van der Waals surface area contributed by atoms with Crippen molar-refractivity contribution < 1.29 is 4.79 Å². The van der Waals surface area contributed by atoms with Crippen molar-refractivity contribution in [3.8, 4) is 0 Å². The first-order chi connectivity index (χ1) is 7.16. The second kappa shape index (κ2) is 4.09. The van der Waals surface area contributed by atoms with Gasteiger partial charge in [0.25, 0.3) is 0 Å². The lowest BCUT2D eigenvalue weighted by molar-refractivity contribution is -0.128. The van der Waals surface area contributed by atoms with Gasteiger partial charge in [0.1, 0.15) is 7.85 Å². The van der Waals surface area contributed by atoms with E-state index >= 15 is 0 Å². The highest BCUT2D eigenvalue weighted by atomic mass is 16.2. The predicted octanol–water partition coefficient (Wildman–Crippen LogP) is 0.427. The molecule has 0 atom stereocenters. The molecule has 0 aromatic heterocycles. The standard InChI is InChI=1S/C12H14BNO/c1-9(15)14-6-4-10-2-3-12(13)8-11(10)5-7-14/h2-3,8H,4-7H2,1H3. The van der Waals surface area contributed by atoms with E-state index in [1.807, 2.05) is 17.0 Å². The Bertz CT molecular complexity index is 389. The highest BCUT2D eigenvalue weighted by Gasteiger charge is 2.15. The van der Waals surface area contributed by atoms with Crippen LogP contribution in [0.3, 0.4) is 0 Å². The van der Waals surface area contributed by atoms with E-state index in [-0.39, 0.29) is 5.91 Å². The maximum Gasteiger partial charge on any atom is 0.219 e. The lowest BCUT2D eigenvalue weighted by Gasteiger charge is -2.17. The minimum atomic E-state index is 0.163. The van der Waals surface area contributed by atoms with Crippen molar-refractivity contribution in [1.29, 1.82) is 0 Å². The first kappa shape index (κ1) is 10.3. The average Bonchev–Trinajstić information content (AvgIpc) is 2.39. The van der Waals surface area contributed by atoms with Crippen molar-refractivity contribution in [2.75, 3.05) is 13.1 Å². The lowest BCUT2D eigenvalue weighted by atomic mass is 9.90. The number of rotatable bonds is 0. The number of carbonyl (C=O) groups is 1. The molecule has 0 bridgehead atoms. The number of fused-ring (bicyclic) bond motifs is 1. The van der Waals surface area contributed by atoms with Crippen molar-refractivity contribution in [3.05, 3.63) is 29.3 Å². The quantitative estimate of drug-likeness (QED) is 0.555. The summed E-state index contributed by atoms with van der Waals surface area (Å²) >= 11 is 0. The van der Waals surface area contributed by atoms with Crippen molar-refractivity contribution in [3.63, 3.8) is 0 Å². The molecule has 0 saturated carbocycles. The van der Waals surface area contributed by atoms with Crippen LogP contribution in [-0.4, -0.2) is 31.7 Å². The molecule has 1 aliphatic heterocycles. The molecule has 0 aliphatic carbocycles. The summed E-state index contributed by atoms with van der Waals surface area (Å²) in [5, 5.41) is 0. The minimum Gasteiger partial charge on any atom is -0.342 e. The Kier molecular flexibility index (Phi) is 2.80. The van der Waals surface area contributed by atoms with Gasteiger partial charge in [-0.25, -0.2) is 0 Å². The van der Waals surface area contributed by atoms with Crippen LogP contribution in [0.15, 0.2) is 18.2 Å². The summed E-state index contributed by atoms with van der Waals surface area (Å²) in [6.45, 7) is 3.27. The van der Waals surface area contributed by atoms with E-state index in [1.165, 1.54) is 11.1 Å². The van der Waals surface area contributed by atoms with Crippen LogP contribution in [0.1, 0.15) is 18.1 Å². The molecule has 0 unspecified atom stereocenters. The van der Waals surface area contributed by atoms with Crippen LogP contribution in [0.2, 0.25) is 0 Å². The summed E-state index contributed by atoms with van der Waals surface area (Å²) < 4.78 is 0. The molecule has 0 saturated heterocycles. The fourth-order valence-corrected chi connectivity index (χ4v) is 2.06. The molecule has 1 aromatic carbocycles. The molecule has 1 aliphatic rings. The monoisotopic (exact) mass is 199 g/mol. The normalized spacial score (nSPS) is 15.7. The van der Waals surface area contributed by atoms with Gasteiger partial charge in [-0.15, -0.1) is 0 Å². The third-order valence-electron chi connectivity index (χ3n) is 2.98. The molecule has 3 heteroatoms. The Hall–Kier alpha value is -1.25. The van der Waals surface area contributed by atoms with Gasteiger partial charge < -0.3 is 4.90 Å². The summed E-state index contributed by atoms with van der Waals surface area (Å²) in [4.78, 5) is 13.2. The minimum absolute atomic E-state index is 0.163. The molecule has 76 valence electrons. The van der Waals surface area contributed by atoms with Gasteiger partial charge in [0.15, 0.2) is 0 Å². The van der Waals surface area contributed by atoms with Crippen LogP contribution in [0.5, 0.6) is 0 Å². The summed E-state index contributed by atoms with van der Waals surface area (Å²) in [6, 6.07) is 6.04. The highest BCUT2D eigenvalue weighted by Crippen LogP contribution is 2.14. The van der Waals surface area contributed by atoms with Crippen molar-refractivity contribution >= 4 is 19.2 Å². The Morgan fingerprint density at radius 2 is 1.93 bits per heavy atom. The van der Waals surface area contributed by atoms with E-state index in [4.69, 9.17) is 7.85 Å². The summed E-state index contributed by atoms with van der Waals surface area (Å²) in [5.41, 5.74) is 3.43. The van der Waals surface area contributed by atoms with E-state index in [0.717, 1.165) is 31.4 Å². The molecule has 0 N–H and O–H groups in total. The topological polar surface area (TPSA) is 20.3 Å². The number of hydrogen-bond donors (Lipinski definition) is 0. The molecule has 1 heterocycles. The number of nitrogens with zero attached hydrogens (tertiary/aromatic N) is 1. The molecule has 15 heavy (non-hydrogen) atoms. The van der Waals surface area contributed by atoms with Gasteiger partial charge in [0.2, 0.25) is 5.91 Å². The van der Waals surface area contributed by atoms with Crippen molar-refractivity contribution in [1.82, 2.24) is 4.90 Å². The number of hydrogen-bond acceptors (Lipinski definition) is 1. The third-order valence-corrected chi connectivity index (χ3v) is 2.98. The molecule has 2 nitrogen and oxygen atoms in total. The Morgan fingerprint density at radius 3 is 2.60 bits per heavy atom. The predicted molar refractivity (Wildman–Crippen MR) is 61.5 cm³/mol. The van der Waals surface area contributed by atoms with E-state index in [1.54, 1.807) is 6.92 Å². The molecule has 1 aromatic rings. The van der Waals surface area contributed by atoms with Gasteiger partial charge in [-0.3, -0.25) is 4.79 Å². The molecule has 1 amide bonds. The van der Waals surface area contributed by atoms with Crippen LogP contribution >= 0.6 is 0 Å². The summed E-state index contributed by atoms with van der Waals surface area (Å²) in [6.07, 6.45) is 1.86. The van der Waals surface area contributed by atoms with Gasteiger partial charge in [0, 0.05) is 20.0 Å². The van der Waals surface area contributed by atoms with E-state index < -0.39 is 0 Å². The largest absolute Gasteiger partial charge is 0.342 e. The van der Waals surface area contributed by atoms with Crippen LogP contribution in [-0.2, 0) is 17.6 Å². The average molecular weight is 199 g/mol. The lowest BCUT2D eigenvalue weighted by Crippen LogP contribution is -2.30. The number of benzene rings is 1. The summed E-state index contributed by atoms with van der Waals surface area (Å²) in [7, 11) is 5.75. The molecule has 2 radical (unpaired) electrons. The fraction of sp³-hybridized carbons (Fsp3) is 0.417. The summed E-state index contributed by atoms with van der Waals surface area (Å²) in [5.74, 6) is 0.163. The van der Waals surface area contributed by atoms with E-state index in [0.29, 0.717) is 0 Å². The Labute approximate surface area is 91.7 Å². The van der Waals surface area contributed by atoms with E-state index in [2.05, 4.69) is 6.07 Å². The number of amides is 1. The second-order valence-corrected chi connectivity index (χ2v) is 4.03. The van der Waals surface area contributed by atoms with Gasteiger partial charge in [0.05, 0.1) is 0 Å². The van der Waals surface area contributed by atoms with Gasteiger partial charge in [-0.05, 0) is 24.0 Å². The first-order valence-electron chi connectivity index (χ1n) is 5.29. The molecule has 2 rings (SSSR count). The van der Waals surface area contributed by atoms with Crippen LogP contribution in [0, 0.1) is 0 Å². The molecule has 0 spiro atoms. The Balaban J connectivity index is 2.21. The molecule has 0 fully saturated rings. The van der Waals surface area contributed by atoms with Crippen LogP contribution in [0.4, 0.5) is 0 Å². The Morgan fingerprint density at radius 1 is 1.27 bits per heavy atom. The molecular formula is C12H14BNO. The smallest absolute Gasteiger partial charge is 0.219 e. The van der Waals surface area contributed by atoms with Crippen LogP contribution < -0.4 is 5.46 Å². The SMILES string of the molecule is [B]c1ccc2c(c1)CCN(C(C)=O)CC2.